The van der Waals surface area contributed by atoms with Crippen molar-refractivity contribution in [2.24, 2.45) is 5.92 Å². The summed E-state index contributed by atoms with van der Waals surface area (Å²) < 4.78 is 87.1. The normalized spacial score (nSPS) is 13.7. The van der Waals surface area contributed by atoms with Gasteiger partial charge in [-0.3, -0.25) is 0 Å². The second-order valence-corrected chi connectivity index (χ2v) is 3.80. The lowest BCUT2D eigenvalue weighted by atomic mass is 10.1. The minimum Gasteiger partial charge on any atom is -0.381 e. The molecule has 1 aromatic carbocycles. The second kappa shape index (κ2) is 5.56. The fraction of sp³-hybridized carbons (Fsp3) is 0.364. The number of hydrogen-bond donors (Lipinski definition) is 1. The van der Waals surface area contributed by atoms with E-state index in [9.17, 15) is 30.7 Å². The summed E-state index contributed by atoms with van der Waals surface area (Å²) in [4.78, 5) is 0. The highest BCUT2D eigenvalue weighted by molar-refractivity contribution is 5.48. The van der Waals surface area contributed by atoms with Crippen molar-refractivity contribution in [3.05, 3.63) is 29.6 Å². The van der Waals surface area contributed by atoms with E-state index in [1.165, 1.54) is 0 Å². The molecule has 1 atom stereocenters. The van der Waals surface area contributed by atoms with Gasteiger partial charge in [0.2, 0.25) is 0 Å². The molecule has 0 aliphatic rings. The van der Waals surface area contributed by atoms with Crippen LogP contribution in [0.3, 0.4) is 0 Å². The number of anilines is 1. The minimum absolute atomic E-state index is 0.347. The molecule has 2 nitrogen and oxygen atoms in total. The van der Waals surface area contributed by atoms with E-state index in [1.54, 1.807) is 0 Å². The molecule has 0 saturated carbocycles. The monoisotopic (exact) mass is 300 g/mol. The standard InChI is InChI=1S/C11H7F7N2/c12-8-2-1-6(10(13,14)15)3-9(8)20-5-7(4-19)11(16,17)18/h1-3,7,20H,5H2. The van der Waals surface area contributed by atoms with Crippen LogP contribution in [-0.4, -0.2) is 12.7 Å². The van der Waals surface area contributed by atoms with Crippen LogP contribution in [0.2, 0.25) is 0 Å². The maximum atomic E-state index is 13.2. The van der Waals surface area contributed by atoms with E-state index in [4.69, 9.17) is 5.26 Å². The Bertz CT molecular complexity index is 513. The lowest BCUT2D eigenvalue weighted by molar-refractivity contribution is -0.155. The molecule has 0 radical (unpaired) electrons. The molecule has 0 aliphatic carbocycles. The Kier molecular flexibility index (Phi) is 4.47. The molecule has 9 heteroatoms. The largest absolute Gasteiger partial charge is 0.416 e. The third kappa shape index (κ3) is 4.01. The maximum absolute atomic E-state index is 13.2. The Balaban J connectivity index is 2.91. The summed E-state index contributed by atoms with van der Waals surface area (Å²) in [6.45, 7) is -1.04. The number of nitrogens with zero attached hydrogens (tertiary/aromatic N) is 1. The van der Waals surface area contributed by atoms with E-state index in [-0.39, 0.29) is 0 Å². The van der Waals surface area contributed by atoms with Gasteiger partial charge in [0.15, 0.2) is 5.92 Å². The average molecular weight is 300 g/mol. The summed E-state index contributed by atoms with van der Waals surface area (Å²) in [7, 11) is 0. The molecule has 110 valence electrons. The van der Waals surface area contributed by atoms with Gasteiger partial charge in [0.1, 0.15) is 5.82 Å². The van der Waals surface area contributed by atoms with Gasteiger partial charge in [0.25, 0.3) is 0 Å². The fourth-order valence-electron chi connectivity index (χ4n) is 1.28. The number of halogens is 7. The number of alkyl halides is 6. The third-order valence-electron chi connectivity index (χ3n) is 2.34. The zero-order chi connectivity index (χ0) is 15.6. The van der Waals surface area contributed by atoms with Crippen molar-refractivity contribution in [3.8, 4) is 6.07 Å². The van der Waals surface area contributed by atoms with Gasteiger partial charge in [-0.05, 0) is 18.2 Å². The van der Waals surface area contributed by atoms with Crippen LogP contribution in [0.4, 0.5) is 36.4 Å². The van der Waals surface area contributed by atoms with Crippen LogP contribution >= 0.6 is 0 Å². The smallest absolute Gasteiger partial charge is 0.381 e. The molecule has 0 saturated heterocycles. The molecule has 0 aliphatic heterocycles. The molecule has 0 fully saturated rings. The summed E-state index contributed by atoms with van der Waals surface area (Å²) in [5.74, 6) is -3.59. The number of benzene rings is 1. The Labute approximate surface area is 108 Å². The highest BCUT2D eigenvalue weighted by atomic mass is 19.4. The molecule has 1 rings (SSSR count). The number of nitriles is 1. The van der Waals surface area contributed by atoms with E-state index in [0.717, 1.165) is 6.07 Å². The second-order valence-electron chi connectivity index (χ2n) is 3.80. The van der Waals surface area contributed by atoms with Crippen LogP contribution in [-0.2, 0) is 6.18 Å². The molecule has 0 spiro atoms. The minimum atomic E-state index is -4.85. The average Bonchev–Trinajstić information content (AvgIpc) is 2.28. The third-order valence-corrected chi connectivity index (χ3v) is 2.34. The van der Waals surface area contributed by atoms with Gasteiger partial charge in [-0.2, -0.15) is 31.6 Å². The Morgan fingerprint density at radius 2 is 1.75 bits per heavy atom. The van der Waals surface area contributed by atoms with E-state index >= 15 is 0 Å². The zero-order valence-electron chi connectivity index (χ0n) is 9.61. The molecule has 1 N–H and O–H groups in total. The fourth-order valence-corrected chi connectivity index (χ4v) is 1.28. The van der Waals surface area contributed by atoms with Crippen LogP contribution in [0, 0.1) is 23.1 Å². The van der Waals surface area contributed by atoms with Crippen molar-refractivity contribution in [2.75, 3.05) is 11.9 Å². The van der Waals surface area contributed by atoms with E-state index < -0.39 is 41.9 Å². The SMILES string of the molecule is N#CC(CNc1cc(C(F)(F)F)ccc1F)C(F)(F)F. The van der Waals surface area contributed by atoms with E-state index in [0.29, 0.717) is 18.2 Å². The van der Waals surface area contributed by atoms with Crippen molar-refractivity contribution in [2.45, 2.75) is 12.4 Å². The maximum Gasteiger partial charge on any atom is 0.416 e. The highest BCUT2D eigenvalue weighted by Gasteiger charge is 2.40. The first kappa shape index (κ1) is 16.1. The summed E-state index contributed by atoms with van der Waals surface area (Å²) in [5.41, 5.74) is -1.95. The predicted octanol–water partition coefficient (Wildman–Crippen LogP) is 3.96. The molecular formula is C11H7F7N2. The summed E-state index contributed by atoms with van der Waals surface area (Å²) in [6.07, 6.45) is -9.59. The van der Waals surface area contributed by atoms with Crippen molar-refractivity contribution in [3.63, 3.8) is 0 Å². The van der Waals surface area contributed by atoms with Gasteiger partial charge in [-0.15, -0.1) is 0 Å². The van der Waals surface area contributed by atoms with Gasteiger partial charge in [0, 0.05) is 6.54 Å². The highest BCUT2D eigenvalue weighted by Crippen LogP contribution is 2.32. The lowest BCUT2D eigenvalue weighted by Crippen LogP contribution is -2.28. The first-order chi connectivity index (χ1) is 9.05. The van der Waals surface area contributed by atoms with Crippen molar-refractivity contribution in [1.29, 1.82) is 5.26 Å². The molecule has 1 unspecified atom stereocenters. The van der Waals surface area contributed by atoms with Gasteiger partial charge < -0.3 is 5.32 Å². The molecule has 0 amide bonds. The van der Waals surface area contributed by atoms with E-state index in [1.807, 2.05) is 5.32 Å². The number of nitrogens with one attached hydrogen (secondary N) is 1. The first-order valence-electron chi connectivity index (χ1n) is 5.12. The molecule has 1 aromatic rings. The predicted molar refractivity (Wildman–Crippen MR) is 55.0 cm³/mol. The van der Waals surface area contributed by atoms with Gasteiger partial charge >= 0.3 is 12.4 Å². The molecule has 0 aromatic heterocycles. The zero-order valence-corrected chi connectivity index (χ0v) is 9.61. The topological polar surface area (TPSA) is 35.8 Å². The first-order valence-corrected chi connectivity index (χ1v) is 5.12. The molecule has 0 bridgehead atoms. The lowest BCUT2D eigenvalue weighted by Gasteiger charge is -2.16. The van der Waals surface area contributed by atoms with Crippen molar-refractivity contribution in [1.82, 2.24) is 0 Å². The summed E-state index contributed by atoms with van der Waals surface area (Å²) in [6, 6.07) is 2.24. The summed E-state index contributed by atoms with van der Waals surface area (Å²) in [5, 5.41) is 10.2. The molecule has 0 heterocycles. The van der Waals surface area contributed by atoms with Crippen LogP contribution in [0.5, 0.6) is 0 Å². The Hall–Kier alpha value is -1.98. The van der Waals surface area contributed by atoms with Gasteiger partial charge in [0.05, 0.1) is 17.3 Å². The van der Waals surface area contributed by atoms with Crippen LogP contribution in [0.1, 0.15) is 5.56 Å². The molecule has 20 heavy (non-hydrogen) atoms. The van der Waals surface area contributed by atoms with E-state index in [2.05, 4.69) is 0 Å². The quantitative estimate of drug-likeness (QED) is 0.858. The Morgan fingerprint density at radius 3 is 2.20 bits per heavy atom. The van der Waals surface area contributed by atoms with Gasteiger partial charge in [-0.1, -0.05) is 0 Å². The van der Waals surface area contributed by atoms with Crippen LogP contribution in [0.25, 0.3) is 0 Å². The summed E-state index contributed by atoms with van der Waals surface area (Å²) >= 11 is 0. The van der Waals surface area contributed by atoms with Crippen LogP contribution in [0.15, 0.2) is 18.2 Å². The van der Waals surface area contributed by atoms with Crippen LogP contribution < -0.4 is 5.32 Å². The number of rotatable bonds is 3. The van der Waals surface area contributed by atoms with Gasteiger partial charge in [-0.25, -0.2) is 4.39 Å². The number of hydrogen-bond acceptors (Lipinski definition) is 2. The van der Waals surface area contributed by atoms with Crippen molar-refractivity contribution < 1.29 is 30.7 Å². The molecular weight excluding hydrogens is 293 g/mol. The van der Waals surface area contributed by atoms with Crippen molar-refractivity contribution >= 4 is 5.69 Å². The Morgan fingerprint density at radius 1 is 1.15 bits per heavy atom.